The van der Waals surface area contributed by atoms with E-state index < -0.39 is 25.1 Å². The minimum atomic E-state index is -5.53. The van der Waals surface area contributed by atoms with Gasteiger partial charge in [0.1, 0.15) is 0 Å². The Bertz CT molecular complexity index is 494. The van der Waals surface area contributed by atoms with E-state index in [0.717, 1.165) is 11.3 Å². The number of hydrogen-bond acceptors (Lipinski definition) is 3. The molecule has 2 nitrogen and oxygen atoms in total. The lowest BCUT2D eigenvalue weighted by Crippen LogP contribution is -2.44. The Labute approximate surface area is 120 Å². The lowest BCUT2D eigenvalue weighted by molar-refractivity contribution is -0.324. The van der Waals surface area contributed by atoms with E-state index in [1.54, 1.807) is 0 Å². The van der Waals surface area contributed by atoms with Gasteiger partial charge >= 0.3 is 12.4 Å². The maximum atomic E-state index is 12.3. The quantitative estimate of drug-likeness (QED) is 0.676. The van der Waals surface area contributed by atoms with Gasteiger partial charge in [-0.1, -0.05) is 11.8 Å². The Kier molecular flexibility index (Phi) is 6.07. The van der Waals surface area contributed by atoms with E-state index in [1.165, 1.54) is 11.4 Å². The van der Waals surface area contributed by atoms with E-state index >= 15 is 0 Å². The molecule has 1 rings (SSSR count). The van der Waals surface area contributed by atoms with Gasteiger partial charge in [-0.25, -0.2) is 0 Å². The summed E-state index contributed by atoms with van der Waals surface area (Å²) in [6.07, 6.45) is -14.7. The van der Waals surface area contributed by atoms with E-state index in [4.69, 9.17) is 5.11 Å². The van der Waals surface area contributed by atoms with Crippen LogP contribution in [0.15, 0.2) is 11.4 Å². The van der Waals surface area contributed by atoms with E-state index in [-0.39, 0.29) is 23.5 Å². The standard InChI is InChI=1S/C12H10F6O2S/c13-11(14,15)10(12(16,17)18)20-7-9-8(4-6-21-9)3-1-2-5-19/h4,6,10,19H,2,5,7H2. The molecule has 118 valence electrons. The average molecular weight is 332 g/mol. The van der Waals surface area contributed by atoms with Crippen LogP contribution in [0.2, 0.25) is 0 Å². The summed E-state index contributed by atoms with van der Waals surface area (Å²) in [5.41, 5.74) is 0.288. The Balaban J connectivity index is 2.79. The van der Waals surface area contributed by atoms with Gasteiger partial charge in [-0.2, -0.15) is 26.3 Å². The van der Waals surface area contributed by atoms with E-state index in [0.29, 0.717) is 0 Å². The van der Waals surface area contributed by atoms with Gasteiger partial charge in [0.2, 0.25) is 6.10 Å². The van der Waals surface area contributed by atoms with Crippen LogP contribution in [-0.2, 0) is 11.3 Å². The van der Waals surface area contributed by atoms with Crippen LogP contribution >= 0.6 is 11.3 Å². The number of aliphatic hydroxyl groups excluding tert-OH is 1. The van der Waals surface area contributed by atoms with Crippen LogP contribution in [0.25, 0.3) is 0 Å². The Morgan fingerprint density at radius 3 is 2.33 bits per heavy atom. The van der Waals surface area contributed by atoms with Crippen molar-refractivity contribution in [3.8, 4) is 11.8 Å². The first-order chi connectivity index (χ1) is 9.66. The van der Waals surface area contributed by atoms with Crippen LogP contribution in [-0.4, -0.2) is 30.2 Å². The van der Waals surface area contributed by atoms with Crippen molar-refractivity contribution in [2.75, 3.05) is 6.61 Å². The Morgan fingerprint density at radius 2 is 1.81 bits per heavy atom. The molecule has 0 spiro atoms. The third kappa shape index (κ3) is 5.57. The summed E-state index contributed by atoms with van der Waals surface area (Å²) in [5.74, 6) is 5.09. The molecule has 0 aliphatic rings. The molecule has 0 unspecified atom stereocenters. The fourth-order valence-electron chi connectivity index (χ4n) is 1.31. The number of halogens is 6. The molecule has 0 amide bonds. The minimum Gasteiger partial charge on any atom is -0.395 e. The molecule has 0 radical (unpaired) electrons. The highest BCUT2D eigenvalue weighted by atomic mass is 32.1. The van der Waals surface area contributed by atoms with Gasteiger partial charge < -0.3 is 9.84 Å². The van der Waals surface area contributed by atoms with E-state index in [9.17, 15) is 26.3 Å². The minimum absolute atomic E-state index is 0.157. The summed E-state index contributed by atoms with van der Waals surface area (Å²) in [6, 6.07) is 1.46. The normalized spacial score (nSPS) is 12.4. The summed E-state index contributed by atoms with van der Waals surface area (Å²) in [4.78, 5) is 0.166. The summed E-state index contributed by atoms with van der Waals surface area (Å²) in [7, 11) is 0. The van der Waals surface area contributed by atoms with Crippen LogP contribution in [0.5, 0.6) is 0 Å². The first-order valence-corrected chi connectivity index (χ1v) is 6.45. The van der Waals surface area contributed by atoms with Crippen LogP contribution in [0.3, 0.4) is 0 Å². The van der Waals surface area contributed by atoms with E-state index in [2.05, 4.69) is 16.6 Å². The number of rotatable bonds is 4. The van der Waals surface area contributed by atoms with Gasteiger partial charge in [-0.3, -0.25) is 0 Å². The van der Waals surface area contributed by atoms with Crippen molar-refractivity contribution in [2.45, 2.75) is 31.5 Å². The van der Waals surface area contributed by atoms with Crippen LogP contribution < -0.4 is 0 Å². The molecule has 0 aliphatic heterocycles. The molecule has 0 bridgehead atoms. The molecule has 0 aromatic carbocycles. The summed E-state index contributed by atoms with van der Waals surface area (Å²) >= 11 is 0.946. The fourth-order valence-corrected chi connectivity index (χ4v) is 2.06. The smallest absolute Gasteiger partial charge is 0.395 e. The topological polar surface area (TPSA) is 29.5 Å². The second-order valence-electron chi connectivity index (χ2n) is 3.81. The van der Waals surface area contributed by atoms with E-state index in [1.807, 2.05) is 0 Å². The zero-order chi connectivity index (χ0) is 16.1. The Morgan fingerprint density at radius 1 is 1.19 bits per heavy atom. The second kappa shape index (κ2) is 7.15. The maximum absolute atomic E-state index is 12.3. The van der Waals surface area contributed by atoms with Gasteiger partial charge in [0.05, 0.1) is 13.2 Å². The highest BCUT2D eigenvalue weighted by Gasteiger charge is 2.58. The molecule has 0 saturated carbocycles. The van der Waals surface area contributed by atoms with Gasteiger partial charge in [0.15, 0.2) is 0 Å². The maximum Gasteiger partial charge on any atom is 0.423 e. The summed E-state index contributed by atoms with van der Waals surface area (Å²) < 4.78 is 77.8. The molecule has 1 aromatic heterocycles. The van der Waals surface area contributed by atoms with Crippen molar-refractivity contribution in [3.05, 3.63) is 21.9 Å². The number of thiophene rings is 1. The van der Waals surface area contributed by atoms with Crippen molar-refractivity contribution in [2.24, 2.45) is 0 Å². The highest BCUT2D eigenvalue weighted by molar-refractivity contribution is 7.10. The molecule has 1 heterocycles. The fraction of sp³-hybridized carbons (Fsp3) is 0.500. The molecule has 1 aromatic rings. The van der Waals surface area contributed by atoms with Crippen LogP contribution in [0.1, 0.15) is 16.9 Å². The van der Waals surface area contributed by atoms with Crippen LogP contribution in [0, 0.1) is 11.8 Å². The number of aliphatic hydroxyl groups is 1. The SMILES string of the molecule is OCCC#Cc1ccsc1COC(C(F)(F)F)C(F)(F)F. The number of hydrogen-bond donors (Lipinski definition) is 1. The third-order valence-electron chi connectivity index (χ3n) is 2.18. The monoisotopic (exact) mass is 332 g/mol. The van der Waals surface area contributed by atoms with Crippen LogP contribution in [0.4, 0.5) is 26.3 Å². The van der Waals surface area contributed by atoms with Gasteiger partial charge in [0, 0.05) is 16.9 Å². The van der Waals surface area contributed by atoms with Gasteiger partial charge in [0.25, 0.3) is 0 Å². The average Bonchev–Trinajstić information content (AvgIpc) is 2.74. The number of ether oxygens (including phenoxy) is 1. The molecule has 21 heavy (non-hydrogen) atoms. The zero-order valence-electron chi connectivity index (χ0n) is 10.4. The molecule has 1 N–H and O–H groups in total. The molecule has 9 heteroatoms. The lowest BCUT2D eigenvalue weighted by Gasteiger charge is -2.22. The van der Waals surface area contributed by atoms with Crippen molar-refractivity contribution >= 4 is 11.3 Å². The molecule has 0 aliphatic carbocycles. The largest absolute Gasteiger partial charge is 0.423 e. The molecular weight excluding hydrogens is 322 g/mol. The highest BCUT2D eigenvalue weighted by Crippen LogP contribution is 2.36. The van der Waals surface area contributed by atoms with Crippen molar-refractivity contribution < 1.29 is 36.2 Å². The van der Waals surface area contributed by atoms with Crippen molar-refractivity contribution in [1.82, 2.24) is 0 Å². The predicted octanol–water partition coefficient (Wildman–Crippen LogP) is 3.49. The summed E-state index contributed by atoms with van der Waals surface area (Å²) in [5, 5.41) is 10.0. The molecular formula is C12H10F6O2S. The Hall–Kier alpha value is -1.24. The zero-order valence-corrected chi connectivity index (χ0v) is 11.2. The second-order valence-corrected chi connectivity index (χ2v) is 4.81. The van der Waals surface area contributed by atoms with Crippen molar-refractivity contribution in [3.63, 3.8) is 0 Å². The predicted molar refractivity (Wildman–Crippen MR) is 63.6 cm³/mol. The first kappa shape index (κ1) is 17.8. The number of alkyl halides is 6. The summed E-state index contributed by atoms with van der Waals surface area (Å²) in [6.45, 7) is -1.03. The molecule has 0 saturated heterocycles. The molecule has 0 atom stereocenters. The van der Waals surface area contributed by atoms with Gasteiger partial charge in [-0.15, -0.1) is 11.3 Å². The molecule has 0 fully saturated rings. The third-order valence-corrected chi connectivity index (χ3v) is 3.08. The van der Waals surface area contributed by atoms with Gasteiger partial charge in [-0.05, 0) is 11.4 Å². The van der Waals surface area contributed by atoms with Crippen molar-refractivity contribution in [1.29, 1.82) is 0 Å². The first-order valence-electron chi connectivity index (χ1n) is 5.57. The lowest BCUT2D eigenvalue weighted by atomic mass is 10.2.